The van der Waals surface area contributed by atoms with Crippen LogP contribution in [0.5, 0.6) is 0 Å². The second-order valence-corrected chi connectivity index (χ2v) is 7.97. The molecular formula is C21H27N3O3. The number of piperidine rings is 1. The fourth-order valence-corrected chi connectivity index (χ4v) is 4.89. The first kappa shape index (κ1) is 18.0. The van der Waals surface area contributed by atoms with Crippen molar-refractivity contribution in [3.05, 3.63) is 30.0 Å². The molecule has 2 amide bonds. The molecule has 4 rings (SSSR count). The number of para-hydroxylation sites is 1. The molecule has 2 aromatic rings. The van der Waals surface area contributed by atoms with E-state index in [1.807, 2.05) is 24.3 Å². The largest absolute Gasteiger partial charge is 0.356 e. The topological polar surface area (TPSA) is 84.2 Å². The number of carbonyl (C=O) groups excluding carboxylic acids is 2. The molecule has 1 saturated heterocycles. The summed E-state index contributed by atoms with van der Waals surface area (Å²) in [5.74, 6) is 1.17. The molecule has 0 spiro atoms. The summed E-state index contributed by atoms with van der Waals surface area (Å²) in [6.45, 7) is 2.18. The fraction of sp³-hybridized carbons (Fsp3) is 0.571. The maximum Gasteiger partial charge on any atom is 0.226 e. The molecule has 4 unspecified atom stereocenters. The smallest absolute Gasteiger partial charge is 0.226 e. The highest BCUT2D eigenvalue weighted by molar-refractivity contribution is 5.86. The molecule has 2 heterocycles. The second kappa shape index (κ2) is 7.71. The van der Waals surface area contributed by atoms with E-state index < -0.39 is 0 Å². The van der Waals surface area contributed by atoms with Crippen molar-refractivity contribution in [3.8, 4) is 0 Å². The van der Waals surface area contributed by atoms with Crippen molar-refractivity contribution in [3.63, 3.8) is 0 Å². The number of carbonyl (C=O) groups is 2. The Morgan fingerprint density at radius 1 is 1.33 bits per heavy atom. The van der Waals surface area contributed by atoms with E-state index in [2.05, 4.69) is 22.7 Å². The minimum Gasteiger partial charge on any atom is -0.356 e. The zero-order valence-electron chi connectivity index (χ0n) is 15.7. The third kappa shape index (κ3) is 3.84. The summed E-state index contributed by atoms with van der Waals surface area (Å²) in [7, 11) is 0. The van der Waals surface area contributed by atoms with Gasteiger partial charge in [-0.2, -0.15) is 0 Å². The zero-order valence-corrected chi connectivity index (χ0v) is 15.7. The number of hydrogen-bond donors (Lipinski definition) is 2. The van der Waals surface area contributed by atoms with Crippen molar-refractivity contribution in [1.29, 1.82) is 0 Å². The fourth-order valence-electron chi connectivity index (χ4n) is 4.89. The molecule has 1 aromatic heterocycles. The first-order valence-corrected chi connectivity index (χ1v) is 10.1. The molecule has 2 fully saturated rings. The number of benzene rings is 1. The van der Waals surface area contributed by atoms with Gasteiger partial charge in [0.15, 0.2) is 5.58 Å². The van der Waals surface area contributed by atoms with Crippen LogP contribution in [0.15, 0.2) is 28.8 Å². The molecule has 144 valence electrons. The van der Waals surface area contributed by atoms with E-state index in [4.69, 9.17) is 4.52 Å². The zero-order chi connectivity index (χ0) is 18.8. The molecule has 0 radical (unpaired) electrons. The van der Waals surface area contributed by atoms with Crippen LogP contribution in [0.3, 0.4) is 0 Å². The van der Waals surface area contributed by atoms with Crippen LogP contribution in [0.2, 0.25) is 0 Å². The van der Waals surface area contributed by atoms with Crippen LogP contribution < -0.4 is 10.6 Å². The van der Waals surface area contributed by atoms with E-state index in [1.54, 1.807) is 0 Å². The summed E-state index contributed by atoms with van der Waals surface area (Å²) in [5, 5.41) is 11.2. The summed E-state index contributed by atoms with van der Waals surface area (Å²) < 4.78 is 5.28. The van der Waals surface area contributed by atoms with Crippen molar-refractivity contribution in [2.45, 2.75) is 64.0 Å². The molecule has 4 atom stereocenters. The van der Waals surface area contributed by atoms with Crippen LogP contribution >= 0.6 is 0 Å². The quantitative estimate of drug-likeness (QED) is 0.849. The van der Waals surface area contributed by atoms with Gasteiger partial charge in [-0.05, 0) is 49.7 Å². The van der Waals surface area contributed by atoms with Gasteiger partial charge >= 0.3 is 0 Å². The molecule has 6 heteroatoms. The van der Waals surface area contributed by atoms with E-state index in [9.17, 15) is 9.59 Å². The summed E-state index contributed by atoms with van der Waals surface area (Å²) in [5.41, 5.74) is 1.37. The summed E-state index contributed by atoms with van der Waals surface area (Å²) in [6, 6.07) is 7.88. The first-order valence-electron chi connectivity index (χ1n) is 10.1. The lowest BCUT2D eigenvalue weighted by Crippen LogP contribution is -2.55. The van der Waals surface area contributed by atoms with Crippen LogP contribution in [0.1, 0.15) is 51.1 Å². The molecule has 6 nitrogen and oxygen atoms in total. The van der Waals surface area contributed by atoms with E-state index in [0.29, 0.717) is 29.5 Å². The van der Waals surface area contributed by atoms with Gasteiger partial charge in [0, 0.05) is 23.9 Å². The molecule has 0 bridgehead atoms. The van der Waals surface area contributed by atoms with Crippen LogP contribution in [0.25, 0.3) is 11.0 Å². The van der Waals surface area contributed by atoms with E-state index >= 15 is 0 Å². The number of aromatic nitrogens is 1. The third-order valence-corrected chi connectivity index (χ3v) is 6.11. The summed E-state index contributed by atoms with van der Waals surface area (Å²) >= 11 is 0. The van der Waals surface area contributed by atoms with Gasteiger partial charge in [-0.15, -0.1) is 0 Å². The van der Waals surface area contributed by atoms with Gasteiger partial charge in [0.05, 0.1) is 6.42 Å². The molecule has 2 N–H and O–H groups in total. The lowest BCUT2D eigenvalue weighted by atomic mass is 9.70. The first-order chi connectivity index (χ1) is 13.1. The van der Waals surface area contributed by atoms with Gasteiger partial charge in [-0.25, -0.2) is 0 Å². The summed E-state index contributed by atoms with van der Waals surface area (Å²) in [4.78, 5) is 24.6. The Bertz CT molecular complexity index is 831. The number of rotatable bonds is 5. The molecule has 27 heavy (non-hydrogen) atoms. The van der Waals surface area contributed by atoms with Gasteiger partial charge in [0.2, 0.25) is 11.8 Å². The predicted octanol–water partition coefficient (Wildman–Crippen LogP) is 2.96. The van der Waals surface area contributed by atoms with Gasteiger partial charge in [0.25, 0.3) is 0 Å². The monoisotopic (exact) mass is 369 g/mol. The normalized spacial score (nSPS) is 27.8. The maximum absolute atomic E-state index is 12.5. The van der Waals surface area contributed by atoms with Crippen molar-refractivity contribution in [2.24, 2.45) is 11.8 Å². The molecule has 1 aromatic carbocycles. The Hall–Kier alpha value is -2.37. The van der Waals surface area contributed by atoms with Gasteiger partial charge in [-0.1, -0.05) is 30.6 Å². The molecule has 1 aliphatic carbocycles. The molecule has 2 aliphatic rings. The number of nitrogens with zero attached hydrogens (tertiary/aromatic N) is 1. The van der Waals surface area contributed by atoms with Crippen molar-refractivity contribution in [2.75, 3.05) is 0 Å². The third-order valence-electron chi connectivity index (χ3n) is 6.11. The Labute approximate surface area is 159 Å². The average Bonchev–Trinajstić information content (AvgIpc) is 3.04. The van der Waals surface area contributed by atoms with Crippen LogP contribution in [-0.4, -0.2) is 29.1 Å². The highest BCUT2D eigenvalue weighted by atomic mass is 16.5. The number of nitrogens with one attached hydrogen (secondary N) is 2. The minimum atomic E-state index is -0.0373. The molecule has 1 aliphatic heterocycles. The molecule has 1 saturated carbocycles. The Morgan fingerprint density at radius 3 is 3.04 bits per heavy atom. The highest BCUT2D eigenvalue weighted by Gasteiger charge is 2.40. The van der Waals surface area contributed by atoms with Gasteiger partial charge in [-0.3, -0.25) is 9.59 Å². The standard InChI is InChI=1S/C21H27N3O3/c1-2-5-13-10-20(25)23-17-11-14(8-9-15(13)17)22-21(26)12-18-16-6-3-4-7-19(16)27-24-18/h3-4,6-7,13-15,17H,2,5,8-12H2,1H3,(H,22,26)(H,23,25). The summed E-state index contributed by atoms with van der Waals surface area (Å²) in [6.07, 6.45) is 5.97. The Kier molecular flexibility index (Phi) is 5.14. The minimum absolute atomic E-state index is 0.0373. The van der Waals surface area contributed by atoms with E-state index in [0.717, 1.165) is 37.5 Å². The van der Waals surface area contributed by atoms with Crippen molar-refractivity contribution >= 4 is 22.8 Å². The van der Waals surface area contributed by atoms with Gasteiger partial charge in [0.1, 0.15) is 5.69 Å². The van der Waals surface area contributed by atoms with Crippen LogP contribution in [0.4, 0.5) is 0 Å². The highest BCUT2D eigenvalue weighted by Crippen LogP contribution is 2.37. The van der Waals surface area contributed by atoms with E-state index in [1.165, 1.54) is 0 Å². The van der Waals surface area contributed by atoms with Crippen LogP contribution in [0, 0.1) is 11.8 Å². The predicted molar refractivity (Wildman–Crippen MR) is 102 cm³/mol. The number of hydrogen-bond acceptors (Lipinski definition) is 4. The van der Waals surface area contributed by atoms with Crippen LogP contribution in [-0.2, 0) is 16.0 Å². The van der Waals surface area contributed by atoms with Crippen molar-refractivity contribution in [1.82, 2.24) is 15.8 Å². The second-order valence-electron chi connectivity index (χ2n) is 7.97. The lowest BCUT2D eigenvalue weighted by Gasteiger charge is -2.44. The maximum atomic E-state index is 12.5. The Morgan fingerprint density at radius 2 is 2.19 bits per heavy atom. The Balaban J connectivity index is 1.36. The van der Waals surface area contributed by atoms with Gasteiger partial charge < -0.3 is 15.2 Å². The SMILES string of the molecule is CCCC1CC(=O)NC2CC(NC(=O)Cc3noc4ccccc34)CCC12. The lowest BCUT2D eigenvalue weighted by molar-refractivity contribution is -0.127. The average molecular weight is 369 g/mol. The van der Waals surface area contributed by atoms with Crippen molar-refractivity contribution < 1.29 is 14.1 Å². The number of fused-ring (bicyclic) bond motifs is 2. The number of amides is 2. The van der Waals surface area contributed by atoms with E-state index in [-0.39, 0.29) is 30.3 Å². The molecular weight excluding hydrogens is 342 g/mol.